The number of carbonyl (C=O) groups excluding carboxylic acids is 4. The van der Waals surface area contributed by atoms with Crippen molar-refractivity contribution in [3.63, 3.8) is 0 Å². The fourth-order valence-corrected chi connectivity index (χ4v) is 4.47. The number of hydrogen-bond donors (Lipinski definition) is 4. The van der Waals surface area contributed by atoms with Gasteiger partial charge in [-0.15, -0.1) is 0 Å². The molecule has 3 amide bonds. The number of amidine groups is 1. The lowest BCUT2D eigenvalue weighted by molar-refractivity contribution is -0.170. The summed E-state index contributed by atoms with van der Waals surface area (Å²) in [5.74, 6) is -3.99. The maximum atomic E-state index is 13.7. The fourth-order valence-electron chi connectivity index (χ4n) is 4.47. The molecule has 0 unspecified atom stereocenters. The lowest BCUT2D eigenvalue weighted by Crippen LogP contribution is -2.64. The van der Waals surface area contributed by atoms with Gasteiger partial charge in [-0.05, 0) is 38.5 Å². The number of benzene rings is 2. The third kappa shape index (κ3) is 8.37. The van der Waals surface area contributed by atoms with E-state index in [2.05, 4.69) is 5.32 Å². The van der Waals surface area contributed by atoms with Gasteiger partial charge in [0, 0.05) is 30.6 Å². The Labute approximate surface area is 237 Å². The molecule has 2 aromatic carbocycles. The van der Waals surface area contributed by atoms with E-state index in [9.17, 15) is 29.1 Å². The normalized spacial score (nSPS) is 16.1. The van der Waals surface area contributed by atoms with Crippen LogP contribution in [0.3, 0.4) is 0 Å². The molecule has 0 bridgehead atoms. The lowest BCUT2D eigenvalue weighted by Gasteiger charge is -2.43. The zero-order valence-corrected chi connectivity index (χ0v) is 23.3. The zero-order chi connectivity index (χ0) is 30.3. The number of amides is 3. The highest BCUT2D eigenvalue weighted by Crippen LogP contribution is 2.22. The Bertz CT molecular complexity index is 1310. The minimum Gasteiger partial charge on any atom is -0.481 e. The number of piperazine rings is 1. The van der Waals surface area contributed by atoms with Gasteiger partial charge in [-0.1, -0.05) is 42.5 Å². The average molecular weight is 566 g/mol. The number of nitrogen functional groups attached to an aromatic ring is 1. The van der Waals surface area contributed by atoms with Crippen LogP contribution in [0.4, 0.5) is 0 Å². The summed E-state index contributed by atoms with van der Waals surface area (Å²) >= 11 is 0. The molecular formula is C29H35N5O7. The molecule has 2 aromatic rings. The van der Waals surface area contributed by atoms with Crippen LogP contribution in [0, 0.1) is 5.41 Å². The molecule has 0 aliphatic carbocycles. The van der Waals surface area contributed by atoms with Crippen molar-refractivity contribution in [2.24, 2.45) is 5.73 Å². The van der Waals surface area contributed by atoms with Crippen molar-refractivity contribution in [1.29, 1.82) is 5.41 Å². The Hall–Kier alpha value is -4.74. The van der Waals surface area contributed by atoms with E-state index in [0.29, 0.717) is 5.56 Å². The summed E-state index contributed by atoms with van der Waals surface area (Å²) < 4.78 is 5.60. The van der Waals surface area contributed by atoms with Crippen molar-refractivity contribution in [2.45, 2.75) is 51.3 Å². The van der Waals surface area contributed by atoms with Crippen LogP contribution in [0.1, 0.15) is 48.7 Å². The number of rotatable bonds is 10. The van der Waals surface area contributed by atoms with Crippen molar-refractivity contribution >= 4 is 35.5 Å². The van der Waals surface area contributed by atoms with E-state index in [1.807, 2.05) is 18.2 Å². The van der Waals surface area contributed by atoms with E-state index < -0.39 is 60.3 Å². The number of ether oxygens (including phenoxy) is 1. The van der Waals surface area contributed by atoms with Gasteiger partial charge in [0.25, 0.3) is 5.91 Å². The number of nitrogens with zero attached hydrogens (tertiary/aromatic N) is 2. The van der Waals surface area contributed by atoms with Crippen LogP contribution in [0.15, 0.2) is 54.6 Å². The lowest BCUT2D eigenvalue weighted by atomic mass is 10.00. The highest BCUT2D eigenvalue weighted by molar-refractivity contribution is 6.00. The molecule has 1 aliphatic rings. The molecular weight excluding hydrogens is 530 g/mol. The quantitative estimate of drug-likeness (QED) is 0.188. The number of carboxylic acids is 1. The standard InChI is InChI=1S/C29H35N5O7/c1-29(2,3)41-28(40)22(15-18-7-5-4-6-8-18)34-14-13-33(21(27(34)39)16-24(36)37)23(35)17-32-26(38)20-11-9-19(10-12-20)25(30)31/h4-12,21-22H,13-17H2,1-3H3,(H3,30,31)(H,32,38)(H,36,37)/t21-,22-/m0/s1. The molecule has 1 saturated heterocycles. The van der Waals surface area contributed by atoms with Crippen molar-refractivity contribution in [2.75, 3.05) is 19.6 Å². The van der Waals surface area contributed by atoms with E-state index in [4.69, 9.17) is 15.9 Å². The molecule has 12 nitrogen and oxygen atoms in total. The first kappa shape index (κ1) is 30.8. The Balaban J connectivity index is 1.78. The second-order valence-corrected chi connectivity index (χ2v) is 10.6. The van der Waals surface area contributed by atoms with Gasteiger partial charge in [-0.2, -0.15) is 0 Å². The highest BCUT2D eigenvalue weighted by atomic mass is 16.6. The molecule has 1 aliphatic heterocycles. The zero-order valence-electron chi connectivity index (χ0n) is 23.3. The summed E-state index contributed by atoms with van der Waals surface area (Å²) in [7, 11) is 0. The van der Waals surface area contributed by atoms with Gasteiger partial charge < -0.3 is 30.7 Å². The predicted molar refractivity (Wildman–Crippen MR) is 149 cm³/mol. The first-order chi connectivity index (χ1) is 19.3. The first-order valence-corrected chi connectivity index (χ1v) is 13.1. The Morgan fingerprint density at radius 2 is 1.66 bits per heavy atom. The van der Waals surface area contributed by atoms with E-state index >= 15 is 0 Å². The number of hydrogen-bond acceptors (Lipinski definition) is 7. The molecule has 41 heavy (non-hydrogen) atoms. The molecule has 2 atom stereocenters. The molecule has 1 fully saturated rings. The van der Waals surface area contributed by atoms with Crippen LogP contribution in [0.2, 0.25) is 0 Å². The fraction of sp³-hybridized carbons (Fsp3) is 0.379. The minimum absolute atomic E-state index is 0.0299. The molecule has 3 rings (SSSR count). The second-order valence-electron chi connectivity index (χ2n) is 10.6. The predicted octanol–water partition coefficient (Wildman–Crippen LogP) is 1.17. The van der Waals surface area contributed by atoms with Crippen molar-refractivity contribution in [3.05, 3.63) is 71.3 Å². The van der Waals surface area contributed by atoms with Gasteiger partial charge in [0.1, 0.15) is 23.5 Å². The molecule has 5 N–H and O–H groups in total. The van der Waals surface area contributed by atoms with Gasteiger partial charge in [0.05, 0.1) is 13.0 Å². The molecule has 0 radical (unpaired) electrons. The van der Waals surface area contributed by atoms with E-state index in [1.54, 1.807) is 32.9 Å². The van der Waals surface area contributed by atoms with E-state index in [-0.39, 0.29) is 30.9 Å². The maximum Gasteiger partial charge on any atom is 0.329 e. The van der Waals surface area contributed by atoms with E-state index in [1.165, 1.54) is 29.2 Å². The number of nitrogens with two attached hydrogens (primary N) is 1. The van der Waals surface area contributed by atoms with Crippen LogP contribution in [-0.2, 0) is 30.3 Å². The molecule has 1 heterocycles. The average Bonchev–Trinajstić information content (AvgIpc) is 2.91. The first-order valence-electron chi connectivity index (χ1n) is 13.1. The monoisotopic (exact) mass is 565 g/mol. The largest absolute Gasteiger partial charge is 0.481 e. The van der Waals surface area contributed by atoms with Crippen molar-refractivity contribution in [3.8, 4) is 0 Å². The minimum atomic E-state index is -1.37. The van der Waals surface area contributed by atoms with Gasteiger partial charge in [0.15, 0.2) is 0 Å². The van der Waals surface area contributed by atoms with Crippen LogP contribution in [0.25, 0.3) is 0 Å². The summed E-state index contributed by atoms with van der Waals surface area (Å²) in [6.07, 6.45) is -0.526. The summed E-state index contributed by atoms with van der Waals surface area (Å²) in [5.41, 5.74) is 6.04. The molecule has 0 aromatic heterocycles. The van der Waals surface area contributed by atoms with Crippen LogP contribution in [-0.4, -0.2) is 87.7 Å². The van der Waals surface area contributed by atoms with Crippen molar-refractivity contribution in [1.82, 2.24) is 15.1 Å². The number of carbonyl (C=O) groups is 5. The third-order valence-electron chi connectivity index (χ3n) is 6.40. The number of aliphatic carboxylic acids is 1. The molecule has 12 heteroatoms. The summed E-state index contributed by atoms with van der Waals surface area (Å²) in [6, 6.07) is 12.6. The topological polar surface area (TPSA) is 183 Å². The Morgan fingerprint density at radius 3 is 2.22 bits per heavy atom. The van der Waals surface area contributed by atoms with Crippen molar-refractivity contribution < 1.29 is 33.8 Å². The molecule has 0 spiro atoms. The number of nitrogens with one attached hydrogen (secondary N) is 2. The summed E-state index contributed by atoms with van der Waals surface area (Å²) in [5, 5.41) is 19.5. The highest BCUT2D eigenvalue weighted by Gasteiger charge is 2.44. The third-order valence-corrected chi connectivity index (χ3v) is 6.40. The number of esters is 1. The Kier molecular flexibility index (Phi) is 9.82. The van der Waals surface area contributed by atoms with Gasteiger partial charge in [-0.25, -0.2) is 4.79 Å². The van der Waals surface area contributed by atoms with Gasteiger partial charge in [0.2, 0.25) is 11.8 Å². The second kappa shape index (κ2) is 13.1. The van der Waals surface area contributed by atoms with E-state index in [0.717, 1.165) is 10.5 Å². The van der Waals surface area contributed by atoms with Crippen LogP contribution >= 0.6 is 0 Å². The van der Waals surface area contributed by atoms with Crippen LogP contribution in [0.5, 0.6) is 0 Å². The smallest absolute Gasteiger partial charge is 0.329 e. The summed E-state index contributed by atoms with van der Waals surface area (Å²) in [6.45, 7) is 4.58. The molecule has 0 saturated carbocycles. The SMILES string of the molecule is CC(C)(C)OC(=O)[C@H](Cc1ccccc1)N1CCN(C(=O)CNC(=O)c2ccc(C(=N)N)cc2)[C@@H](CC(=O)O)C1=O. The molecule has 218 valence electrons. The van der Waals surface area contributed by atoms with Gasteiger partial charge >= 0.3 is 11.9 Å². The summed E-state index contributed by atoms with van der Waals surface area (Å²) in [4.78, 5) is 66.7. The maximum absolute atomic E-state index is 13.7. The Morgan fingerprint density at radius 1 is 1.05 bits per heavy atom. The van der Waals surface area contributed by atoms with Gasteiger partial charge in [-0.3, -0.25) is 24.6 Å². The number of carboxylic acid groups (broad SMARTS) is 1. The van der Waals surface area contributed by atoms with Crippen LogP contribution < -0.4 is 11.1 Å².